The summed E-state index contributed by atoms with van der Waals surface area (Å²) in [5.74, 6) is -0.0594. The van der Waals surface area contributed by atoms with Crippen LogP contribution in [-0.2, 0) is 9.53 Å². The summed E-state index contributed by atoms with van der Waals surface area (Å²) in [5, 5.41) is 4.07. The van der Waals surface area contributed by atoms with E-state index in [1.807, 2.05) is 4.90 Å². The zero-order chi connectivity index (χ0) is 18.5. The monoisotopic (exact) mass is 421 g/mol. The zero-order valence-corrected chi connectivity index (χ0v) is 16.2. The van der Waals surface area contributed by atoms with Crippen LogP contribution in [0.1, 0.15) is 18.4 Å². The van der Waals surface area contributed by atoms with E-state index in [2.05, 4.69) is 21.0 Å². The van der Waals surface area contributed by atoms with Gasteiger partial charge in [-0.2, -0.15) is 5.10 Å². The Kier molecular flexibility index (Phi) is 6.21. The largest absolute Gasteiger partial charge is 0.384 e. The van der Waals surface area contributed by atoms with Crippen molar-refractivity contribution < 1.29 is 13.9 Å². The van der Waals surface area contributed by atoms with Crippen molar-refractivity contribution >= 4 is 27.9 Å². The fraction of sp³-hybridized carbons (Fsp3) is 0.368. The van der Waals surface area contributed by atoms with E-state index in [1.165, 1.54) is 16.8 Å². The van der Waals surface area contributed by atoms with Gasteiger partial charge in [0.15, 0.2) is 0 Å². The summed E-state index contributed by atoms with van der Waals surface area (Å²) in [6.45, 7) is 2.13. The highest BCUT2D eigenvalue weighted by molar-refractivity contribution is 9.10. The van der Waals surface area contributed by atoms with E-state index in [0.717, 1.165) is 23.9 Å². The van der Waals surface area contributed by atoms with Crippen molar-refractivity contribution in [3.8, 4) is 5.69 Å². The van der Waals surface area contributed by atoms with E-state index >= 15 is 0 Å². The van der Waals surface area contributed by atoms with E-state index in [1.54, 1.807) is 37.7 Å². The lowest BCUT2D eigenvalue weighted by atomic mass is 9.99. The van der Waals surface area contributed by atoms with Crippen molar-refractivity contribution in [2.45, 2.75) is 12.8 Å². The number of halogens is 2. The van der Waals surface area contributed by atoms with Gasteiger partial charge in [0.1, 0.15) is 11.5 Å². The Bertz CT molecular complexity index is 804. The number of likely N-dealkylation sites (tertiary alicyclic amines) is 1. The predicted molar refractivity (Wildman–Crippen MR) is 101 cm³/mol. The molecule has 7 heteroatoms. The van der Waals surface area contributed by atoms with E-state index in [0.29, 0.717) is 30.3 Å². The molecule has 0 saturated carbocycles. The molecule has 1 aromatic heterocycles. The molecule has 0 N–H and O–H groups in total. The summed E-state index contributed by atoms with van der Waals surface area (Å²) in [6.07, 6.45) is 8.50. The Morgan fingerprint density at radius 2 is 2.35 bits per heavy atom. The van der Waals surface area contributed by atoms with Gasteiger partial charge in [-0.05, 0) is 58.5 Å². The molecule has 0 spiro atoms. The molecular weight excluding hydrogens is 401 g/mol. The summed E-state index contributed by atoms with van der Waals surface area (Å²) in [6, 6.07) is 4.81. The second-order valence-electron chi connectivity index (χ2n) is 6.40. The highest BCUT2D eigenvalue weighted by Crippen LogP contribution is 2.19. The van der Waals surface area contributed by atoms with Crippen LogP contribution in [0.3, 0.4) is 0 Å². The minimum Gasteiger partial charge on any atom is -0.384 e. The van der Waals surface area contributed by atoms with Crippen LogP contribution in [0.2, 0.25) is 0 Å². The first-order chi connectivity index (χ1) is 12.6. The van der Waals surface area contributed by atoms with E-state index in [-0.39, 0.29) is 5.91 Å². The highest BCUT2D eigenvalue weighted by Gasteiger charge is 2.22. The van der Waals surface area contributed by atoms with E-state index in [4.69, 9.17) is 4.74 Å². The van der Waals surface area contributed by atoms with Crippen LogP contribution < -0.4 is 0 Å². The molecule has 1 aliphatic rings. The molecule has 1 aliphatic heterocycles. The first-order valence-corrected chi connectivity index (χ1v) is 9.32. The molecule has 0 bridgehead atoms. The molecule has 1 atom stereocenters. The summed E-state index contributed by atoms with van der Waals surface area (Å²) in [5.41, 5.74) is 0.994. The van der Waals surface area contributed by atoms with Gasteiger partial charge in [0.05, 0.1) is 17.3 Å². The third-order valence-electron chi connectivity index (χ3n) is 4.42. The number of carbonyl (C=O) groups excluding carboxylic acids is 1. The molecule has 3 rings (SSSR count). The average Bonchev–Trinajstić information content (AvgIpc) is 3.06. The number of nitrogens with zero attached hydrogens (tertiary/aromatic N) is 3. The van der Waals surface area contributed by atoms with Crippen molar-refractivity contribution in [3.05, 3.63) is 52.5 Å². The van der Waals surface area contributed by atoms with Gasteiger partial charge in [0, 0.05) is 32.5 Å². The van der Waals surface area contributed by atoms with Gasteiger partial charge < -0.3 is 9.64 Å². The SMILES string of the molecule is COCC1CCCN(C(=O)/C=C/c2ccc(-n3cc(Br)cn3)c(F)c2)C1. The van der Waals surface area contributed by atoms with Crippen molar-refractivity contribution in [2.75, 3.05) is 26.8 Å². The third kappa shape index (κ3) is 4.59. The second kappa shape index (κ2) is 8.60. The smallest absolute Gasteiger partial charge is 0.246 e. The molecule has 1 amide bonds. The zero-order valence-electron chi connectivity index (χ0n) is 14.6. The topological polar surface area (TPSA) is 47.4 Å². The number of carbonyl (C=O) groups is 1. The number of hydrogen-bond acceptors (Lipinski definition) is 3. The normalized spacial score (nSPS) is 17.8. The van der Waals surface area contributed by atoms with Crippen LogP contribution >= 0.6 is 15.9 Å². The number of benzene rings is 1. The standard InChI is InChI=1S/C19H21BrFN3O2/c1-26-13-15-3-2-8-23(11-15)19(25)7-5-14-4-6-18(17(21)9-14)24-12-16(20)10-22-24/h4-7,9-10,12,15H,2-3,8,11,13H2,1H3/b7-5+. The van der Waals surface area contributed by atoms with Crippen LogP contribution in [0.4, 0.5) is 4.39 Å². The van der Waals surface area contributed by atoms with Crippen molar-refractivity contribution in [2.24, 2.45) is 5.92 Å². The molecule has 138 valence electrons. The fourth-order valence-corrected chi connectivity index (χ4v) is 3.44. The molecule has 2 heterocycles. The maximum Gasteiger partial charge on any atom is 0.246 e. The van der Waals surface area contributed by atoms with Crippen LogP contribution in [0.25, 0.3) is 11.8 Å². The predicted octanol–water partition coefficient (Wildman–Crippen LogP) is 3.67. The molecule has 1 aromatic carbocycles. The average molecular weight is 422 g/mol. The molecule has 1 saturated heterocycles. The highest BCUT2D eigenvalue weighted by atomic mass is 79.9. The number of rotatable bonds is 5. The molecule has 2 aromatic rings. The molecule has 1 unspecified atom stereocenters. The minimum absolute atomic E-state index is 0.0497. The van der Waals surface area contributed by atoms with Crippen molar-refractivity contribution in [1.29, 1.82) is 0 Å². The Labute approximate surface area is 160 Å². The lowest BCUT2D eigenvalue weighted by molar-refractivity contribution is -0.128. The van der Waals surface area contributed by atoms with Gasteiger partial charge in [0.25, 0.3) is 0 Å². The lowest BCUT2D eigenvalue weighted by Crippen LogP contribution is -2.40. The Morgan fingerprint density at radius 1 is 1.50 bits per heavy atom. The molecular formula is C19H21BrFN3O2. The summed E-state index contributed by atoms with van der Waals surface area (Å²) in [4.78, 5) is 14.2. The Hall–Kier alpha value is -1.99. The van der Waals surface area contributed by atoms with Gasteiger partial charge in [-0.15, -0.1) is 0 Å². The molecule has 0 aliphatic carbocycles. The lowest BCUT2D eigenvalue weighted by Gasteiger charge is -2.31. The number of hydrogen-bond donors (Lipinski definition) is 0. The summed E-state index contributed by atoms with van der Waals surface area (Å²) >= 11 is 3.29. The second-order valence-corrected chi connectivity index (χ2v) is 7.31. The van der Waals surface area contributed by atoms with Gasteiger partial charge in [-0.25, -0.2) is 9.07 Å². The number of amides is 1. The van der Waals surface area contributed by atoms with E-state index in [9.17, 15) is 9.18 Å². The van der Waals surface area contributed by atoms with Crippen LogP contribution in [0, 0.1) is 11.7 Å². The van der Waals surface area contributed by atoms with Crippen LogP contribution in [0.15, 0.2) is 41.1 Å². The Balaban J connectivity index is 1.66. The maximum absolute atomic E-state index is 14.3. The third-order valence-corrected chi connectivity index (χ3v) is 4.83. The molecule has 1 fully saturated rings. The van der Waals surface area contributed by atoms with Gasteiger partial charge >= 0.3 is 0 Å². The van der Waals surface area contributed by atoms with Crippen LogP contribution in [-0.4, -0.2) is 47.4 Å². The molecule has 0 radical (unpaired) electrons. The number of piperidine rings is 1. The quantitative estimate of drug-likeness (QED) is 0.691. The van der Waals surface area contributed by atoms with Crippen molar-refractivity contribution in [3.63, 3.8) is 0 Å². The summed E-state index contributed by atoms with van der Waals surface area (Å²) in [7, 11) is 1.68. The first kappa shape index (κ1) is 18.8. The summed E-state index contributed by atoms with van der Waals surface area (Å²) < 4.78 is 21.8. The van der Waals surface area contributed by atoms with Gasteiger partial charge in [-0.1, -0.05) is 6.07 Å². The number of methoxy groups -OCH3 is 1. The van der Waals surface area contributed by atoms with E-state index < -0.39 is 5.82 Å². The number of aromatic nitrogens is 2. The fourth-order valence-electron chi connectivity index (χ4n) is 3.16. The molecule has 5 nitrogen and oxygen atoms in total. The molecule has 26 heavy (non-hydrogen) atoms. The van der Waals surface area contributed by atoms with Crippen LogP contribution in [0.5, 0.6) is 0 Å². The number of ether oxygens (including phenoxy) is 1. The Morgan fingerprint density at radius 3 is 3.04 bits per heavy atom. The first-order valence-electron chi connectivity index (χ1n) is 8.53. The van der Waals surface area contributed by atoms with Gasteiger partial charge in [-0.3, -0.25) is 4.79 Å². The maximum atomic E-state index is 14.3. The van der Waals surface area contributed by atoms with Crippen molar-refractivity contribution in [1.82, 2.24) is 14.7 Å². The van der Waals surface area contributed by atoms with Gasteiger partial charge in [0.2, 0.25) is 5.91 Å². The minimum atomic E-state index is -0.395.